The van der Waals surface area contributed by atoms with Crippen molar-refractivity contribution in [1.29, 1.82) is 0 Å². The lowest BCUT2D eigenvalue weighted by molar-refractivity contribution is 0.370. The second kappa shape index (κ2) is 7.63. The Labute approximate surface area is 140 Å². The first-order valence-electron chi connectivity index (χ1n) is 6.92. The second-order valence-corrected chi connectivity index (χ2v) is 7.72. The van der Waals surface area contributed by atoms with Gasteiger partial charge in [0.1, 0.15) is 0 Å². The summed E-state index contributed by atoms with van der Waals surface area (Å²) >= 11 is 12.6. The van der Waals surface area contributed by atoms with Gasteiger partial charge in [0.05, 0.1) is 0 Å². The van der Waals surface area contributed by atoms with E-state index >= 15 is 0 Å². The predicted octanol–water partition coefficient (Wildman–Crippen LogP) is 5.08. The van der Waals surface area contributed by atoms with Crippen LogP contribution >= 0.6 is 30.8 Å². The topological polar surface area (TPSA) is 57.5 Å². The Kier molecular flexibility index (Phi) is 6.08. The molecule has 0 fully saturated rings. The summed E-state index contributed by atoms with van der Waals surface area (Å²) in [5.74, 6) is -0.0889. The van der Waals surface area contributed by atoms with Crippen LogP contribution in [0, 0.1) is 0 Å². The zero-order valence-corrected chi connectivity index (χ0v) is 14.2. The summed E-state index contributed by atoms with van der Waals surface area (Å²) in [6.07, 6.45) is 0.822. The molecule has 0 aliphatic rings. The summed E-state index contributed by atoms with van der Waals surface area (Å²) in [7, 11) is -3.99. The van der Waals surface area contributed by atoms with Gasteiger partial charge in [-0.05, 0) is 36.1 Å². The lowest BCUT2D eigenvalue weighted by Gasteiger charge is -2.20. The lowest BCUT2D eigenvalue weighted by Crippen LogP contribution is -2.04. The van der Waals surface area contributed by atoms with E-state index < -0.39 is 7.60 Å². The minimum atomic E-state index is -3.99. The first-order valence-corrected chi connectivity index (χ1v) is 9.47. The zero-order valence-electron chi connectivity index (χ0n) is 11.8. The minimum absolute atomic E-state index is 0.0889. The summed E-state index contributed by atoms with van der Waals surface area (Å²) in [4.78, 5) is 18.1. The highest BCUT2D eigenvalue weighted by atomic mass is 35.5. The molecule has 2 rings (SSSR count). The van der Waals surface area contributed by atoms with E-state index in [1.807, 2.05) is 48.5 Å². The highest BCUT2D eigenvalue weighted by Crippen LogP contribution is 2.40. The standard InChI is InChI=1S/C16H17Cl2O3P/c17-15-9-3-1-6-13(15)12(8-5-11-22(19,20)21)14-7-2-4-10-16(14)18/h1-4,6-7,9-10,12H,5,8,11H2,(H2,19,20,21). The summed E-state index contributed by atoms with van der Waals surface area (Å²) in [5.41, 5.74) is 1.84. The van der Waals surface area contributed by atoms with Crippen LogP contribution in [-0.4, -0.2) is 15.9 Å². The van der Waals surface area contributed by atoms with E-state index in [4.69, 9.17) is 33.0 Å². The maximum absolute atomic E-state index is 11.1. The Balaban J connectivity index is 2.31. The average Bonchev–Trinajstić information content (AvgIpc) is 2.45. The number of hydrogen-bond donors (Lipinski definition) is 2. The Hall–Kier alpha value is -0.830. The SMILES string of the molecule is O=P(O)(O)CCCC(c1ccccc1Cl)c1ccccc1Cl. The van der Waals surface area contributed by atoms with Gasteiger partial charge < -0.3 is 9.79 Å². The highest BCUT2D eigenvalue weighted by Gasteiger charge is 2.21. The van der Waals surface area contributed by atoms with E-state index in [-0.39, 0.29) is 12.1 Å². The fourth-order valence-corrected chi connectivity index (χ4v) is 3.62. The van der Waals surface area contributed by atoms with Gasteiger partial charge in [-0.3, -0.25) is 4.57 Å². The van der Waals surface area contributed by atoms with Crippen molar-refractivity contribution in [3.8, 4) is 0 Å². The molecule has 2 aromatic rings. The van der Waals surface area contributed by atoms with Crippen molar-refractivity contribution in [2.45, 2.75) is 18.8 Å². The van der Waals surface area contributed by atoms with Gasteiger partial charge in [0.15, 0.2) is 0 Å². The van der Waals surface area contributed by atoms with Gasteiger partial charge >= 0.3 is 7.60 Å². The van der Waals surface area contributed by atoms with Crippen molar-refractivity contribution in [1.82, 2.24) is 0 Å². The third-order valence-electron chi connectivity index (χ3n) is 3.50. The third kappa shape index (κ3) is 4.84. The normalized spacial score (nSPS) is 11.9. The van der Waals surface area contributed by atoms with E-state index in [9.17, 15) is 4.57 Å². The highest BCUT2D eigenvalue weighted by molar-refractivity contribution is 7.51. The first kappa shape index (κ1) is 17.5. The number of rotatable bonds is 6. The Morgan fingerprint density at radius 1 is 0.909 bits per heavy atom. The molecule has 0 amide bonds. The molecule has 2 aromatic carbocycles. The molecule has 0 aromatic heterocycles. The van der Waals surface area contributed by atoms with Gasteiger partial charge in [-0.1, -0.05) is 59.6 Å². The molecule has 0 heterocycles. The molecule has 0 aliphatic heterocycles. The summed E-state index contributed by atoms with van der Waals surface area (Å²) in [6.45, 7) is 0. The largest absolute Gasteiger partial charge is 0.325 e. The molecule has 0 aliphatic carbocycles. The van der Waals surface area contributed by atoms with E-state index in [2.05, 4.69) is 0 Å². The van der Waals surface area contributed by atoms with Crippen LogP contribution in [0.15, 0.2) is 48.5 Å². The van der Waals surface area contributed by atoms with Crippen LogP contribution in [-0.2, 0) is 4.57 Å². The van der Waals surface area contributed by atoms with Crippen molar-refractivity contribution < 1.29 is 14.4 Å². The van der Waals surface area contributed by atoms with Crippen molar-refractivity contribution >= 4 is 30.8 Å². The maximum atomic E-state index is 11.1. The van der Waals surface area contributed by atoms with Crippen LogP contribution in [0.4, 0.5) is 0 Å². The molecule has 0 saturated heterocycles. The number of hydrogen-bond acceptors (Lipinski definition) is 1. The first-order chi connectivity index (χ1) is 10.4. The second-order valence-electron chi connectivity index (χ2n) is 5.13. The molecule has 118 valence electrons. The molecule has 0 saturated carbocycles. The van der Waals surface area contributed by atoms with Crippen LogP contribution in [0.1, 0.15) is 29.9 Å². The molecule has 22 heavy (non-hydrogen) atoms. The van der Waals surface area contributed by atoms with Crippen LogP contribution in [0.5, 0.6) is 0 Å². The van der Waals surface area contributed by atoms with Gasteiger partial charge in [0.25, 0.3) is 0 Å². The van der Waals surface area contributed by atoms with E-state index in [1.54, 1.807) is 0 Å². The zero-order chi connectivity index (χ0) is 16.2. The Bertz CT molecular complexity index is 639. The number of benzene rings is 2. The average molecular weight is 359 g/mol. The molecule has 6 heteroatoms. The van der Waals surface area contributed by atoms with E-state index in [0.717, 1.165) is 11.1 Å². The van der Waals surface area contributed by atoms with Crippen LogP contribution in [0.25, 0.3) is 0 Å². The molecular weight excluding hydrogens is 342 g/mol. The summed E-state index contributed by atoms with van der Waals surface area (Å²) in [6, 6.07) is 15.0. The van der Waals surface area contributed by atoms with Gasteiger partial charge in [0.2, 0.25) is 0 Å². The third-order valence-corrected chi connectivity index (χ3v) is 5.09. The monoisotopic (exact) mass is 358 g/mol. The van der Waals surface area contributed by atoms with Crippen LogP contribution < -0.4 is 0 Å². The molecule has 3 nitrogen and oxygen atoms in total. The van der Waals surface area contributed by atoms with Crippen molar-refractivity contribution in [3.05, 3.63) is 69.7 Å². The number of halogens is 2. The lowest BCUT2D eigenvalue weighted by atomic mass is 9.87. The van der Waals surface area contributed by atoms with Gasteiger partial charge in [-0.15, -0.1) is 0 Å². The van der Waals surface area contributed by atoms with E-state index in [0.29, 0.717) is 22.9 Å². The van der Waals surface area contributed by atoms with Crippen molar-refractivity contribution in [3.63, 3.8) is 0 Å². The van der Waals surface area contributed by atoms with E-state index in [1.165, 1.54) is 0 Å². The van der Waals surface area contributed by atoms with Crippen LogP contribution in [0.3, 0.4) is 0 Å². The molecule has 0 unspecified atom stereocenters. The summed E-state index contributed by atoms with van der Waals surface area (Å²) in [5, 5.41) is 1.26. The fourth-order valence-electron chi connectivity index (χ4n) is 2.50. The fraction of sp³-hybridized carbons (Fsp3) is 0.250. The molecule has 0 bridgehead atoms. The minimum Gasteiger partial charge on any atom is -0.324 e. The maximum Gasteiger partial charge on any atom is 0.325 e. The van der Waals surface area contributed by atoms with Gasteiger partial charge in [-0.25, -0.2) is 0 Å². The summed E-state index contributed by atoms with van der Waals surface area (Å²) < 4.78 is 11.1. The van der Waals surface area contributed by atoms with Gasteiger partial charge in [0, 0.05) is 22.1 Å². The Morgan fingerprint density at radius 3 is 1.77 bits per heavy atom. The molecule has 0 atom stereocenters. The smallest absolute Gasteiger partial charge is 0.324 e. The Morgan fingerprint density at radius 2 is 1.36 bits per heavy atom. The molecule has 0 radical (unpaired) electrons. The van der Waals surface area contributed by atoms with Gasteiger partial charge in [-0.2, -0.15) is 0 Å². The van der Waals surface area contributed by atoms with Crippen LogP contribution in [0.2, 0.25) is 10.0 Å². The molecule has 0 spiro atoms. The van der Waals surface area contributed by atoms with Crippen molar-refractivity contribution in [2.24, 2.45) is 0 Å². The molecular formula is C16H17Cl2O3P. The van der Waals surface area contributed by atoms with Crippen molar-refractivity contribution in [2.75, 3.05) is 6.16 Å². The quantitative estimate of drug-likeness (QED) is 0.707. The molecule has 2 N–H and O–H groups in total. The predicted molar refractivity (Wildman–Crippen MR) is 90.9 cm³/mol.